The van der Waals surface area contributed by atoms with Crippen LogP contribution in [0.1, 0.15) is 18.0 Å². The fourth-order valence-corrected chi connectivity index (χ4v) is 2.69. The van der Waals surface area contributed by atoms with Gasteiger partial charge in [0, 0.05) is 12.0 Å². The highest BCUT2D eigenvalue weighted by atomic mass is 19.2. The number of nitrogens with two attached hydrogens (primary N) is 1. The van der Waals surface area contributed by atoms with Crippen LogP contribution in [-0.2, 0) is 4.79 Å². The van der Waals surface area contributed by atoms with Crippen molar-refractivity contribution < 1.29 is 22.7 Å². The SMILES string of the molecule is NC(=NCC(=O)Nc1ccc(F)c(F)c1F)NC1CCOc2ccccc21. The minimum atomic E-state index is -1.66. The normalized spacial score (nSPS) is 16.3. The zero-order valence-electron chi connectivity index (χ0n) is 14.1. The Balaban J connectivity index is 1.60. The van der Waals surface area contributed by atoms with E-state index in [-0.39, 0.29) is 12.0 Å². The average molecular weight is 378 g/mol. The number of guanidine groups is 1. The largest absolute Gasteiger partial charge is 0.493 e. The number of benzene rings is 2. The van der Waals surface area contributed by atoms with Crippen LogP contribution in [0.4, 0.5) is 18.9 Å². The highest BCUT2D eigenvalue weighted by Gasteiger charge is 2.21. The van der Waals surface area contributed by atoms with E-state index in [4.69, 9.17) is 10.5 Å². The smallest absolute Gasteiger partial charge is 0.246 e. The molecule has 0 radical (unpaired) electrons. The zero-order chi connectivity index (χ0) is 19.4. The predicted molar refractivity (Wildman–Crippen MR) is 93.9 cm³/mol. The maximum Gasteiger partial charge on any atom is 0.246 e. The number of hydrogen-bond donors (Lipinski definition) is 3. The molecule has 1 atom stereocenters. The van der Waals surface area contributed by atoms with Gasteiger partial charge in [0.2, 0.25) is 5.91 Å². The number of nitrogens with zero attached hydrogens (tertiary/aromatic N) is 1. The summed E-state index contributed by atoms with van der Waals surface area (Å²) >= 11 is 0. The van der Waals surface area contributed by atoms with E-state index >= 15 is 0 Å². The molecule has 0 saturated carbocycles. The molecule has 0 aliphatic carbocycles. The van der Waals surface area contributed by atoms with Gasteiger partial charge in [0.25, 0.3) is 0 Å². The van der Waals surface area contributed by atoms with Crippen molar-refractivity contribution in [1.82, 2.24) is 5.32 Å². The molecule has 0 spiro atoms. The Kier molecular flexibility index (Phi) is 5.49. The third-order valence-corrected chi connectivity index (χ3v) is 3.98. The van der Waals surface area contributed by atoms with Crippen LogP contribution in [0.3, 0.4) is 0 Å². The molecule has 2 aromatic carbocycles. The van der Waals surface area contributed by atoms with Gasteiger partial charge in [0.15, 0.2) is 23.4 Å². The number of carbonyl (C=O) groups is 1. The molecule has 6 nitrogen and oxygen atoms in total. The van der Waals surface area contributed by atoms with Crippen LogP contribution < -0.4 is 21.1 Å². The molecule has 1 heterocycles. The van der Waals surface area contributed by atoms with Crippen molar-refractivity contribution >= 4 is 17.6 Å². The van der Waals surface area contributed by atoms with E-state index in [1.807, 2.05) is 24.3 Å². The lowest BCUT2D eigenvalue weighted by molar-refractivity contribution is -0.114. The molecule has 0 saturated heterocycles. The van der Waals surface area contributed by atoms with E-state index in [0.717, 1.165) is 23.4 Å². The fourth-order valence-electron chi connectivity index (χ4n) is 2.69. The quantitative estimate of drug-likeness (QED) is 0.433. The minimum absolute atomic E-state index is 0.0256. The van der Waals surface area contributed by atoms with Crippen LogP contribution in [0.5, 0.6) is 5.75 Å². The monoisotopic (exact) mass is 378 g/mol. The summed E-state index contributed by atoms with van der Waals surface area (Å²) in [6.07, 6.45) is 0.666. The van der Waals surface area contributed by atoms with Gasteiger partial charge >= 0.3 is 0 Å². The van der Waals surface area contributed by atoms with E-state index in [1.165, 1.54) is 0 Å². The van der Waals surface area contributed by atoms with Crippen molar-refractivity contribution in [2.75, 3.05) is 18.5 Å². The second-order valence-corrected chi connectivity index (χ2v) is 5.84. The number of carbonyl (C=O) groups excluding carboxylic acids is 1. The van der Waals surface area contributed by atoms with Gasteiger partial charge in [-0.3, -0.25) is 4.79 Å². The lowest BCUT2D eigenvalue weighted by atomic mass is 10.0. The van der Waals surface area contributed by atoms with Gasteiger partial charge in [-0.25, -0.2) is 18.2 Å². The summed E-state index contributed by atoms with van der Waals surface area (Å²) in [4.78, 5) is 15.7. The standard InChI is InChI=1S/C18H17F3N4O2/c19-11-5-6-13(17(21)16(11)20)24-15(26)9-23-18(22)25-12-7-8-27-14-4-2-1-3-10(12)14/h1-6,12H,7-9H2,(H,24,26)(H3,22,23,25). The highest BCUT2D eigenvalue weighted by Crippen LogP contribution is 2.31. The van der Waals surface area contributed by atoms with Crippen LogP contribution in [0, 0.1) is 17.5 Å². The predicted octanol–water partition coefficient (Wildman–Crippen LogP) is 2.47. The van der Waals surface area contributed by atoms with Crippen molar-refractivity contribution in [1.29, 1.82) is 0 Å². The van der Waals surface area contributed by atoms with Gasteiger partial charge < -0.3 is 21.1 Å². The maximum atomic E-state index is 13.6. The van der Waals surface area contributed by atoms with E-state index in [2.05, 4.69) is 15.6 Å². The van der Waals surface area contributed by atoms with Crippen LogP contribution in [-0.4, -0.2) is 25.0 Å². The summed E-state index contributed by atoms with van der Waals surface area (Å²) in [5.41, 5.74) is 6.26. The molecule has 1 aliphatic heterocycles. The number of nitrogens with one attached hydrogen (secondary N) is 2. The second-order valence-electron chi connectivity index (χ2n) is 5.84. The molecule has 3 rings (SSSR count). The van der Waals surface area contributed by atoms with Gasteiger partial charge in [0.05, 0.1) is 18.3 Å². The number of hydrogen-bond acceptors (Lipinski definition) is 3. The van der Waals surface area contributed by atoms with Crippen LogP contribution in [0.25, 0.3) is 0 Å². The average Bonchev–Trinajstić information content (AvgIpc) is 2.67. The molecule has 1 aliphatic rings. The molecule has 142 valence electrons. The number of fused-ring (bicyclic) bond motifs is 1. The van der Waals surface area contributed by atoms with Crippen LogP contribution in [0.2, 0.25) is 0 Å². The molecule has 1 amide bonds. The summed E-state index contributed by atoms with van der Waals surface area (Å²) in [6, 6.07) is 9.01. The third-order valence-electron chi connectivity index (χ3n) is 3.98. The fraction of sp³-hybridized carbons (Fsp3) is 0.222. The minimum Gasteiger partial charge on any atom is -0.493 e. The zero-order valence-corrected chi connectivity index (χ0v) is 14.1. The first-order chi connectivity index (χ1) is 13.0. The lowest BCUT2D eigenvalue weighted by Gasteiger charge is -2.26. The molecule has 0 aromatic heterocycles. The number of rotatable bonds is 4. The Morgan fingerprint density at radius 1 is 1.19 bits per heavy atom. The number of ether oxygens (including phenoxy) is 1. The van der Waals surface area contributed by atoms with Gasteiger partial charge in [-0.2, -0.15) is 0 Å². The molecular weight excluding hydrogens is 361 g/mol. The first-order valence-corrected chi connectivity index (χ1v) is 8.17. The highest BCUT2D eigenvalue weighted by molar-refractivity contribution is 5.94. The van der Waals surface area contributed by atoms with Crippen molar-refractivity contribution in [3.8, 4) is 5.75 Å². The molecule has 4 N–H and O–H groups in total. The lowest BCUT2D eigenvalue weighted by Crippen LogP contribution is -2.38. The van der Waals surface area contributed by atoms with Gasteiger partial charge in [-0.05, 0) is 18.2 Å². The summed E-state index contributed by atoms with van der Waals surface area (Å²) in [6.45, 7) is 0.0972. The Morgan fingerprint density at radius 2 is 1.96 bits per heavy atom. The Labute approximate surface area is 153 Å². The van der Waals surface area contributed by atoms with Gasteiger partial charge in [0.1, 0.15) is 12.3 Å². The number of anilines is 1. The van der Waals surface area contributed by atoms with E-state index < -0.39 is 35.6 Å². The van der Waals surface area contributed by atoms with Gasteiger partial charge in [-0.1, -0.05) is 18.2 Å². The van der Waals surface area contributed by atoms with Crippen molar-refractivity contribution in [2.24, 2.45) is 10.7 Å². The molecule has 9 heteroatoms. The summed E-state index contributed by atoms with van der Waals surface area (Å²) in [5.74, 6) is -4.42. The van der Waals surface area contributed by atoms with E-state index in [9.17, 15) is 18.0 Å². The second kappa shape index (κ2) is 7.98. The molecule has 27 heavy (non-hydrogen) atoms. The van der Waals surface area contributed by atoms with E-state index in [0.29, 0.717) is 13.0 Å². The number of aliphatic imine (C=N–C) groups is 1. The number of amides is 1. The van der Waals surface area contributed by atoms with Crippen molar-refractivity contribution in [3.63, 3.8) is 0 Å². The van der Waals surface area contributed by atoms with E-state index in [1.54, 1.807) is 0 Å². The number of para-hydroxylation sites is 1. The summed E-state index contributed by atoms with van der Waals surface area (Å²) in [5, 5.41) is 5.13. The first-order valence-electron chi connectivity index (χ1n) is 8.17. The van der Waals surface area contributed by atoms with Crippen LogP contribution >= 0.6 is 0 Å². The Hall–Kier alpha value is -3.23. The summed E-state index contributed by atoms with van der Waals surface area (Å²) in [7, 11) is 0. The van der Waals surface area contributed by atoms with Gasteiger partial charge in [-0.15, -0.1) is 0 Å². The van der Waals surface area contributed by atoms with Crippen molar-refractivity contribution in [3.05, 3.63) is 59.4 Å². The molecule has 0 bridgehead atoms. The van der Waals surface area contributed by atoms with Crippen molar-refractivity contribution in [2.45, 2.75) is 12.5 Å². The third kappa shape index (κ3) is 4.30. The molecule has 2 aromatic rings. The maximum absolute atomic E-state index is 13.6. The topological polar surface area (TPSA) is 88.7 Å². The molecule has 0 fully saturated rings. The molecule has 1 unspecified atom stereocenters. The first kappa shape index (κ1) is 18.6. The number of halogens is 3. The molecular formula is C18H17F3N4O2. The Bertz CT molecular complexity index is 889. The van der Waals surface area contributed by atoms with Crippen LogP contribution in [0.15, 0.2) is 41.4 Å². The Morgan fingerprint density at radius 3 is 2.78 bits per heavy atom. The summed E-state index contributed by atoms with van der Waals surface area (Å²) < 4.78 is 45.2.